The van der Waals surface area contributed by atoms with E-state index >= 15 is 0 Å². The molecule has 1 fully saturated rings. The van der Waals surface area contributed by atoms with Gasteiger partial charge < -0.3 is 47.1 Å². The number of primary amides is 1. The van der Waals surface area contributed by atoms with Gasteiger partial charge in [-0.05, 0) is 57.3 Å². The molecule has 0 bridgehead atoms. The number of hydrogen-bond acceptors (Lipinski definition) is 10. The SMILES string of the molecule is CCCCCCCCCCCCCCCCCC(=O)NC(C)(C)C(=O)N1C[C@H](O)C[C@H]1C(=O)N[C@@H](CC(C)C)C(=O)N[C@H](C(=O)N[C@@H](CCC(N)=O)C(=O)N[C@@H](CC(C)C)C(=O)OC)C(C)C. The third-order valence-corrected chi connectivity index (χ3v) is 12.2. The van der Waals surface area contributed by atoms with Crippen molar-refractivity contribution < 1.29 is 48.2 Å². The van der Waals surface area contributed by atoms with Crippen molar-refractivity contribution in [3.8, 4) is 0 Å². The van der Waals surface area contributed by atoms with Crippen molar-refractivity contribution in [3.05, 3.63) is 0 Å². The number of carbonyl (C=O) groups excluding carboxylic acids is 8. The summed E-state index contributed by atoms with van der Waals surface area (Å²) < 4.78 is 4.85. The van der Waals surface area contributed by atoms with E-state index in [-0.39, 0.29) is 62.8 Å². The fourth-order valence-corrected chi connectivity index (χ4v) is 8.44. The quantitative estimate of drug-likeness (QED) is 0.0322. The minimum atomic E-state index is -1.39. The Morgan fingerprint density at radius 2 is 1.13 bits per heavy atom. The van der Waals surface area contributed by atoms with Crippen LogP contribution in [0.15, 0.2) is 0 Å². The van der Waals surface area contributed by atoms with Crippen LogP contribution in [0.25, 0.3) is 0 Å². The van der Waals surface area contributed by atoms with E-state index in [2.05, 4.69) is 33.5 Å². The van der Waals surface area contributed by atoms with Crippen molar-refractivity contribution in [2.24, 2.45) is 23.5 Å². The van der Waals surface area contributed by atoms with Crippen molar-refractivity contribution in [1.29, 1.82) is 0 Å². The zero-order valence-electron chi connectivity index (χ0n) is 42.9. The normalized spacial score (nSPS) is 16.8. The Hall–Kier alpha value is -4.28. The minimum absolute atomic E-state index is 0.00279. The number of esters is 1. The van der Waals surface area contributed by atoms with E-state index in [1.165, 1.54) is 82.6 Å². The van der Waals surface area contributed by atoms with Crippen LogP contribution in [0.4, 0.5) is 0 Å². The number of nitrogens with one attached hydrogen (secondary N) is 5. The molecule has 0 aromatic rings. The summed E-state index contributed by atoms with van der Waals surface area (Å²) in [7, 11) is 1.19. The Labute approximate surface area is 402 Å². The fraction of sp³-hybridized carbons (Fsp3) is 0.840. The molecule has 1 rings (SSSR count). The van der Waals surface area contributed by atoms with Gasteiger partial charge in [0, 0.05) is 25.8 Å². The van der Waals surface area contributed by atoms with Crippen LogP contribution in [0, 0.1) is 17.8 Å². The van der Waals surface area contributed by atoms with Crippen LogP contribution in [-0.2, 0) is 43.1 Å². The Morgan fingerprint density at radius 3 is 1.61 bits per heavy atom. The predicted molar refractivity (Wildman–Crippen MR) is 260 cm³/mol. The first-order valence-corrected chi connectivity index (χ1v) is 25.4. The summed E-state index contributed by atoms with van der Waals surface area (Å²) in [6.45, 7) is 16.0. The molecule has 1 aliphatic heterocycles. The summed E-state index contributed by atoms with van der Waals surface area (Å²) >= 11 is 0. The Bertz CT molecular complexity index is 1550. The number of likely N-dealkylation sites (tertiary alicyclic amines) is 1. The molecule has 8 N–H and O–H groups in total. The third-order valence-electron chi connectivity index (χ3n) is 12.2. The number of unbranched alkanes of at least 4 members (excludes halogenated alkanes) is 14. The zero-order valence-corrected chi connectivity index (χ0v) is 42.9. The van der Waals surface area contributed by atoms with Gasteiger partial charge in [0.1, 0.15) is 35.7 Å². The largest absolute Gasteiger partial charge is 0.467 e. The molecular formula is C50H91N7O10. The fourth-order valence-electron chi connectivity index (χ4n) is 8.44. The molecule has 0 radical (unpaired) electrons. The van der Waals surface area contributed by atoms with E-state index in [9.17, 15) is 43.5 Å². The maximum absolute atomic E-state index is 14.0. The van der Waals surface area contributed by atoms with Gasteiger partial charge >= 0.3 is 5.97 Å². The molecule has 0 aliphatic carbocycles. The van der Waals surface area contributed by atoms with Crippen LogP contribution < -0.4 is 32.3 Å². The van der Waals surface area contributed by atoms with Gasteiger partial charge in [-0.25, -0.2) is 4.79 Å². The Morgan fingerprint density at radius 1 is 0.657 bits per heavy atom. The van der Waals surface area contributed by atoms with Crippen molar-refractivity contribution >= 4 is 47.3 Å². The number of aliphatic hydroxyl groups excluding tert-OH is 1. The second-order valence-corrected chi connectivity index (χ2v) is 20.4. The molecule has 0 aromatic carbocycles. The molecule has 0 aromatic heterocycles. The number of methoxy groups -OCH3 is 1. The second kappa shape index (κ2) is 32.5. The van der Waals surface area contributed by atoms with Gasteiger partial charge in [0.15, 0.2) is 0 Å². The third kappa shape index (κ3) is 24.5. The smallest absolute Gasteiger partial charge is 0.328 e. The lowest BCUT2D eigenvalue weighted by atomic mass is 9.98. The van der Waals surface area contributed by atoms with Crippen LogP contribution in [0.5, 0.6) is 0 Å². The average Bonchev–Trinajstić information content (AvgIpc) is 3.64. The van der Waals surface area contributed by atoms with E-state index in [0.29, 0.717) is 6.42 Å². The van der Waals surface area contributed by atoms with Gasteiger partial charge in [0.05, 0.1) is 13.2 Å². The van der Waals surface area contributed by atoms with E-state index < -0.39 is 89.2 Å². The number of nitrogens with two attached hydrogens (primary N) is 1. The molecule has 1 aliphatic rings. The van der Waals surface area contributed by atoms with Crippen LogP contribution in [0.2, 0.25) is 0 Å². The molecule has 0 spiro atoms. The first kappa shape index (κ1) is 60.7. The van der Waals surface area contributed by atoms with E-state index in [4.69, 9.17) is 10.5 Å². The monoisotopic (exact) mass is 950 g/mol. The molecular weight excluding hydrogens is 859 g/mol. The summed E-state index contributed by atoms with van der Waals surface area (Å²) in [5.41, 5.74) is 3.98. The Kier molecular flexibility index (Phi) is 29.4. The highest BCUT2D eigenvalue weighted by atomic mass is 16.5. The second-order valence-electron chi connectivity index (χ2n) is 20.4. The molecule has 0 unspecified atom stereocenters. The zero-order chi connectivity index (χ0) is 50.7. The van der Waals surface area contributed by atoms with E-state index in [1.54, 1.807) is 27.7 Å². The van der Waals surface area contributed by atoms with E-state index in [1.807, 2.05) is 27.7 Å². The maximum atomic E-state index is 14.0. The summed E-state index contributed by atoms with van der Waals surface area (Å²) in [5.74, 6) is -5.71. The lowest BCUT2D eigenvalue weighted by Crippen LogP contribution is -2.61. The lowest BCUT2D eigenvalue weighted by molar-refractivity contribution is -0.146. The lowest BCUT2D eigenvalue weighted by Gasteiger charge is -2.34. The van der Waals surface area contributed by atoms with Gasteiger partial charge in [0.2, 0.25) is 41.4 Å². The van der Waals surface area contributed by atoms with Crippen molar-refractivity contribution in [3.63, 3.8) is 0 Å². The van der Waals surface area contributed by atoms with Gasteiger partial charge in [-0.2, -0.15) is 0 Å². The summed E-state index contributed by atoms with van der Waals surface area (Å²) in [5, 5.41) is 24.2. The molecule has 17 heteroatoms. The van der Waals surface area contributed by atoms with Crippen LogP contribution in [0.3, 0.4) is 0 Å². The number of amides is 7. The standard InChI is InChI=1S/C50H91N7O10/c1-11-12-13-14-15-16-17-18-19-20-21-22-23-24-25-26-42(60)56-50(8,9)49(66)57-32-36(58)31-40(57)46(63)53-38(29-33(2)3)45(62)55-43(35(6)7)47(64)52-37(27-28-41(51)59)44(61)54-39(30-34(4)5)48(65)67-10/h33-40,43,58H,11-32H2,1-10H3,(H2,51,59)(H,52,64)(H,53,63)(H,54,61)(H,55,62)(H,56,60)/t36-,37+,38+,39+,40+,43+/m1/s1. The number of β-amino-alcohol motifs (C(OH)–C–C–N with tert-alkyl or cyclic N) is 1. The topological polar surface area (TPSA) is 255 Å². The van der Waals surface area contributed by atoms with Crippen molar-refractivity contribution in [1.82, 2.24) is 31.5 Å². The van der Waals surface area contributed by atoms with Crippen molar-refractivity contribution in [2.45, 2.75) is 239 Å². The number of carbonyl (C=O) groups is 8. The van der Waals surface area contributed by atoms with Gasteiger partial charge in [-0.15, -0.1) is 0 Å². The van der Waals surface area contributed by atoms with Crippen LogP contribution in [-0.4, -0.2) is 113 Å². The molecule has 1 heterocycles. The highest BCUT2D eigenvalue weighted by Gasteiger charge is 2.45. The molecule has 0 saturated carbocycles. The Balaban J connectivity index is 2.91. The van der Waals surface area contributed by atoms with Gasteiger partial charge in [-0.1, -0.05) is 138 Å². The summed E-state index contributed by atoms with van der Waals surface area (Å²) in [6, 6.07) is -5.83. The first-order valence-electron chi connectivity index (χ1n) is 25.4. The van der Waals surface area contributed by atoms with Gasteiger partial charge in [-0.3, -0.25) is 33.6 Å². The molecule has 67 heavy (non-hydrogen) atoms. The highest BCUT2D eigenvalue weighted by Crippen LogP contribution is 2.24. The van der Waals surface area contributed by atoms with E-state index in [0.717, 1.165) is 19.3 Å². The number of nitrogens with zero attached hydrogens (tertiary/aromatic N) is 1. The maximum Gasteiger partial charge on any atom is 0.328 e. The average molecular weight is 950 g/mol. The number of ether oxygens (including phenoxy) is 1. The number of rotatable bonds is 35. The minimum Gasteiger partial charge on any atom is -0.467 e. The van der Waals surface area contributed by atoms with Crippen molar-refractivity contribution in [2.75, 3.05) is 13.7 Å². The predicted octanol–water partition coefficient (Wildman–Crippen LogP) is 5.23. The summed E-state index contributed by atoms with van der Waals surface area (Å²) in [6.07, 6.45) is 17.3. The van der Waals surface area contributed by atoms with Gasteiger partial charge in [0.25, 0.3) is 0 Å². The molecule has 386 valence electrons. The molecule has 1 saturated heterocycles. The van der Waals surface area contributed by atoms with Crippen LogP contribution in [0.1, 0.15) is 197 Å². The number of hydrogen-bond donors (Lipinski definition) is 7. The molecule has 17 nitrogen and oxygen atoms in total. The molecule has 6 atom stereocenters. The first-order chi connectivity index (χ1) is 31.5. The van der Waals surface area contributed by atoms with Crippen LogP contribution >= 0.6 is 0 Å². The summed E-state index contributed by atoms with van der Waals surface area (Å²) in [4.78, 5) is 108. The molecule has 7 amide bonds. The highest BCUT2D eigenvalue weighted by molar-refractivity contribution is 5.98. The number of aliphatic hydroxyl groups is 1.